The van der Waals surface area contributed by atoms with E-state index in [0.717, 1.165) is 63.5 Å². The van der Waals surface area contributed by atoms with Crippen LogP contribution in [0.15, 0.2) is 23.0 Å². The standard InChI is InChI=1S/C29H48O4Si/c1-8-27-16-28(30,19-34(5,6)7)25-22-12-10-21(31-4)15-20(22)9-11-23(25)24(27)13-14-29(27)32-17-26(2,3)18-33-29/h10,23-25,30H,8-9,11-19H2,1-7H3/t23?,24?,25?,27-,28+/m0/s1. The highest BCUT2D eigenvalue weighted by atomic mass is 28.3. The smallest absolute Gasteiger partial charge is 0.174 e. The summed E-state index contributed by atoms with van der Waals surface area (Å²) in [7, 11) is 0.258. The fourth-order valence-electron chi connectivity index (χ4n) is 9.02. The average molecular weight is 489 g/mol. The highest BCUT2D eigenvalue weighted by molar-refractivity contribution is 6.76. The Kier molecular flexibility index (Phi) is 6.03. The molecular formula is C29H48O4Si. The summed E-state index contributed by atoms with van der Waals surface area (Å²) in [6.07, 6.45) is 10.5. The third kappa shape index (κ3) is 3.79. The van der Waals surface area contributed by atoms with Crippen LogP contribution in [-0.4, -0.2) is 44.9 Å². The minimum Gasteiger partial charge on any atom is -0.501 e. The first-order chi connectivity index (χ1) is 15.9. The molecule has 5 atom stereocenters. The maximum Gasteiger partial charge on any atom is 0.174 e. The van der Waals surface area contributed by atoms with Gasteiger partial charge in [0.25, 0.3) is 0 Å². The van der Waals surface area contributed by atoms with Gasteiger partial charge in [-0.1, -0.05) is 51.6 Å². The van der Waals surface area contributed by atoms with Crippen molar-refractivity contribution in [1.82, 2.24) is 0 Å². The Bertz CT molecular complexity index is 873. The Morgan fingerprint density at radius 3 is 2.47 bits per heavy atom. The lowest BCUT2D eigenvalue weighted by atomic mass is 9.48. The molecule has 0 aromatic carbocycles. The maximum atomic E-state index is 12.9. The van der Waals surface area contributed by atoms with Gasteiger partial charge in [0, 0.05) is 37.7 Å². The molecule has 4 aliphatic carbocycles. The van der Waals surface area contributed by atoms with Gasteiger partial charge in [0.2, 0.25) is 0 Å². The molecule has 0 aromatic heterocycles. The minimum absolute atomic E-state index is 0.0577. The third-order valence-corrected chi connectivity index (χ3v) is 11.7. The Morgan fingerprint density at radius 2 is 1.85 bits per heavy atom. The number of aliphatic hydroxyl groups is 1. The predicted molar refractivity (Wildman–Crippen MR) is 139 cm³/mol. The average Bonchev–Trinajstić information content (AvgIpc) is 3.07. The number of hydrogen-bond acceptors (Lipinski definition) is 4. The van der Waals surface area contributed by atoms with Gasteiger partial charge < -0.3 is 19.3 Å². The van der Waals surface area contributed by atoms with Crippen molar-refractivity contribution in [2.75, 3.05) is 20.3 Å². The van der Waals surface area contributed by atoms with Crippen molar-refractivity contribution in [1.29, 1.82) is 0 Å². The van der Waals surface area contributed by atoms with Crippen molar-refractivity contribution in [3.8, 4) is 0 Å². The van der Waals surface area contributed by atoms with Crippen LogP contribution in [-0.2, 0) is 14.2 Å². The molecule has 1 saturated heterocycles. The molecule has 1 aliphatic heterocycles. The first-order valence-corrected chi connectivity index (χ1v) is 17.5. The van der Waals surface area contributed by atoms with Gasteiger partial charge in [-0.15, -0.1) is 0 Å². The molecule has 1 spiro atoms. The van der Waals surface area contributed by atoms with Crippen LogP contribution in [0.25, 0.3) is 0 Å². The highest BCUT2D eigenvalue weighted by Gasteiger charge is 2.71. The van der Waals surface area contributed by atoms with Gasteiger partial charge in [-0.05, 0) is 62.5 Å². The van der Waals surface area contributed by atoms with E-state index in [9.17, 15) is 5.11 Å². The fraction of sp³-hybridized carbons (Fsp3) is 0.862. The van der Waals surface area contributed by atoms with Crippen molar-refractivity contribution >= 4 is 8.07 Å². The quantitative estimate of drug-likeness (QED) is 0.354. The Labute approximate surface area is 208 Å². The van der Waals surface area contributed by atoms with Crippen molar-refractivity contribution in [2.24, 2.45) is 28.6 Å². The lowest BCUT2D eigenvalue weighted by molar-refractivity contribution is -0.358. The molecule has 2 saturated carbocycles. The minimum atomic E-state index is -1.54. The van der Waals surface area contributed by atoms with Crippen LogP contribution in [0.4, 0.5) is 0 Å². The molecule has 0 bridgehead atoms. The van der Waals surface area contributed by atoms with E-state index in [1.807, 2.05) is 0 Å². The van der Waals surface area contributed by atoms with Crippen molar-refractivity contribution < 1.29 is 19.3 Å². The number of fused-ring (bicyclic) bond motifs is 5. The number of rotatable bonds is 4. The number of ether oxygens (including phenoxy) is 3. The van der Waals surface area contributed by atoms with Crippen LogP contribution < -0.4 is 0 Å². The zero-order chi connectivity index (χ0) is 24.6. The van der Waals surface area contributed by atoms with Crippen LogP contribution in [0.5, 0.6) is 0 Å². The summed E-state index contributed by atoms with van der Waals surface area (Å²) >= 11 is 0. The van der Waals surface area contributed by atoms with Gasteiger partial charge in [0.15, 0.2) is 5.79 Å². The van der Waals surface area contributed by atoms with Crippen LogP contribution in [0.2, 0.25) is 25.7 Å². The van der Waals surface area contributed by atoms with E-state index in [0.29, 0.717) is 11.8 Å². The van der Waals surface area contributed by atoms with Crippen LogP contribution in [0.1, 0.15) is 72.1 Å². The second kappa shape index (κ2) is 8.19. The molecule has 1 N–H and O–H groups in total. The normalized spacial score (nSPS) is 40.9. The molecule has 34 heavy (non-hydrogen) atoms. The summed E-state index contributed by atoms with van der Waals surface area (Å²) < 4.78 is 19.2. The molecular weight excluding hydrogens is 440 g/mol. The molecule has 0 radical (unpaired) electrons. The summed E-state index contributed by atoms with van der Waals surface area (Å²) in [4.78, 5) is 0. The van der Waals surface area contributed by atoms with Gasteiger partial charge in [0.1, 0.15) is 0 Å². The molecule has 1 heterocycles. The van der Waals surface area contributed by atoms with Gasteiger partial charge >= 0.3 is 0 Å². The van der Waals surface area contributed by atoms with E-state index in [1.54, 1.807) is 18.3 Å². The van der Waals surface area contributed by atoms with E-state index < -0.39 is 19.5 Å². The Morgan fingerprint density at radius 1 is 1.15 bits per heavy atom. The van der Waals surface area contributed by atoms with Crippen molar-refractivity contribution in [2.45, 2.75) is 109 Å². The summed E-state index contributed by atoms with van der Waals surface area (Å²) in [5, 5.41) is 12.9. The summed E-state index contributed by atoms with van der Waals surface area (Å²) in [6.45, 7) is 15.6. The van der Waals surface area contributed by atoms with E-state index in [1.165, 1.54) is 12.8 Å². The van der Waals surface area contributed by atoms with Gasteiger partial charge in [-0.25, -0.2) is 0 Å². The SMILES string of the molecule is CC[C@]12C[C@@](O)(C[Si](C)(C)C)C3C4=C(CCC3C1CCC21OCC(C)(C)CO1)CC(OC)=CC4. The Hall–Kier alpha value is -0.623. The summed E-state index contributed by atoms with van der Waals surface area (Å²) in [6, 6.07) is 0.953. The molecule has 5 heteroatoms. The lowest BCUT2D eigenvalue weighted by Gasteiger charge is -2.63. The van der Waals surface area contributed by atoms with Crippen LogP contribution >= 0.6 is 0 Å². The van der Waals surface area contributed by atoms with Gasteiger partial charge in [-0.3, -0.25) is 0 Å². The molecule has 5 aliphatic rings. The lowest BCUT2D eigenvalue weighted by Crippen LogP contribution is -2.66. The molecule has 192 valence electrons. The first kappa shape index (κ1) is 25.0. The van der Waals surface area contributed by atoms with E-state index in [4.69, 9.17) is 14.2 Å². The molecule has 3 fully saturated rings. The topological polar surface area (TPSA) is 47.9 Å². The van der Waals surface area contributed by atoms with Gasteiger partial charge in [0.05, 0.1) is 31.7 Å². The largest absolute Gasteiger partial charge is 0.501 e. The van der Waals surface area contributed by atoms with Crippen LogP contribution in [0.3, 0.4) is 0 Å². The highest BCUT2D eigenvalue weighted by Crippen LogP contribution is 2.70. The zero-order valence-electron chi connectivity index (χ0n) is 22.8. The second-order valence-corrected chi connectivity index (χ2v) is 19.7. The number of allylic oxidation sites excluding steroid dienone is 2. The van der Waals surface area contributed by atoms with E-state index >= 15 is 0 Å². The molecule has 3 unspecified atom stereocenters. The van der Waals surface area contributed by atoms with Gasteiger partial charge in [-0.2, -0.15) is 0 Å². The monoisotopic (exact) mass is 488 g/mol. The molecule has 5 rings (SSSR count). The summed E-state index contributed by atoms with van der Waals surface area (Å²) in [5.41, 5.74) is 2.38. The van der Waals surface area contributed by atoms with Crippen molar-refractivity contribution in [3.63, 3.8) is 0 Å². The second-order valence-electron chi connectivity index (χ2n) is 14.2. The third-order valence-electron chi connectivity index (χ3n) is 10.1. The fourth-order valence-corrected chi connectivity index (χ4v) is 11.2. The molecule has 0 aromatic rings. The maximum absolute atomic E-state index is 12.9. The first-order valence-electron chi connectivity index (χ1n) is 13.8. The van der Waals surface area contributed by atoms with E-state index in [2.05, 4.69) is 46.5 Å². The molecule has 4 nitrogen and oxygen atoms in total. The Balaban J connectivity index is 1.58. The van der Waals surface area contributed by atoms with Crippen molar-refractivity contribution in [3.05, 3.63) is 23.0 Å². The van der Waals surface area contributed by atoms with E-state index in [-0.39, 0.29) is 16.7 Å². The van der Waals surface area contributed by atoms with Crippen LogP contribution in [0, 0.1) is 28.6 Å². The molecule has 0 amide bonds. The predicted octanol–water partition coefficient (Wildman–Crippen LogP) is 6.68. The number of hydrogen-bond donors (Lipinski definition) is 1. The summed E-state index contributed by atoms with van der Waals surface area (Å²) in [5.74, 6) is 1.94. The zero-order valence-corrected chi connectivity index (χ0v) is 23.8. The number of methoxy groups -OCH3 is 1.